The monoisotopic (exact) mass is 234 g/mol. The zero-order chi connectivity index (χ0) is 11.6. The van der Waals surface area contributed by atoms with Crippen LogP contribution in [0.15, 0.2) is 0 Å². The lowest BCUT2D eigenvalue weighted by Crippen LogP contribution is -2.35. The van der Waals surface area contributed by atoms with Crippen molar-refractivity contribution in [2.24, 2.45) is 5.73 Å². The minimum Gasteiger partial charge on any atom is -0.353 e. The summed E-state index contributed by atoms with van der Waals surface area (Å²) in [6.07, 6.45) is 3.01. The van der Waals surface area contributed by atoms with Crippen LogP contribution in [-0.4, -0.2) is 49.9 Å². The second-order valence-corrected chi connectivity index (χ2v) is 4.71. The van der Waals surface area contributed by atoms with Crippen molar-refractivity contribution < 1.29 is 9.47 Å². The molecule has 0 aliphatic rings. The molecule has 0 aromatic heterocycles. The van der Waals surface area contributed by atoms with E-state index in [1.807, 2.05) is 0 Å². The van der Waals surface area contributed by atoms with Crippen LogP contribution in [0.2, 0.25) is 6.04 Å². The summed E-state index contributed by atoms with van der Waals surface area (Å²) in [5, 5.41) is 3.27. The van der Waals surface area contributed by atoms with Gasteiger partial charge in [0.15, 0.2) is 5.79 Å². The predicted octanol–water partition coefficient (Wildman–Crippen LogP) is -0.522. The number of rotatable bonds is 10. The fraction of sp³-hybridized carbons (Fsp3) is 1.00. The quantitative estimate of drug-likeness (QED) is 0.303. The molecule has 0 aliphatic heterocycles. The first kappa shape index (κ1) is 15.1. The second-order valence-electron chi connectivity index (χ2n) is 3.71. The highest BCUT2D eigenvalue weighted by Crippen LogP contribution is 2.23. The van der Waals surface area contributed by atoms with Crippen LogP contribution in [0.25, 0.3) is 0 Å². The van der Waals surface area contributed by atoms with Gasteiger partial charge in [0.2, 0.25) is 0 Å². The minimum absolute atomic E-state index is 0.355. The molecule has 0 rings (SSSR count). The third kappa shape index (κ3) is 6.27. The van der Waals surface area contributed by atoms with Gasteiger partial charge in [-0.2, -0.15) is 0 Å². The first-order valence-corrected chi connectivity index (χ1v) is 7.17. The van der Waals surface area contributed by atoms with Crippen LogP contribution >= 0.6 is 0 Å². The number of hydrogen-bond donors (Lipinski definition) is 2. The van der Waals surface area contributed by atoms with Gasteiger partial charge in [-0.25, -0.2) is 0 Å². The van der Waals surface area contributed by atoms with Crippen LogP contribution in [0.3, 0.4) is 0 Å². The summed E-state index contributed by atoms with van der Waals surface area (Å²) in [6, 6.07) is 1.21. The van der Waals surface area contributed by atoms with Crippen LogP contribution in [0, 0.1) is 0 Å². The predicted molar refractivity (Wildman–Crippen MR) is 67.3 cm³/mol. The highest BCUT2D eigenvalue weighted by molar-refractivity contribution is 6.08. The molecule has 15 heavy (non-hydrogen) atoms. The van der Waals surface area contributed by atoms with E-state index in [0.717, 1.165) is 32.4 Å². The van der Waals surface area contributed by atoms with Gasteiger partial charge in [-0.1, -0.05) is 6.04 Å². The van der Waals surface area contributed by atoms with E-state index in [9.17, 15) is 0 Å². The van der Waals surface area contributed by atoms with Crippen LogP contribution in [0.4, 0.5) is 0 Å². The molecule has 4 nitrogen and oxygen atoms in total. The molecule has 0 saturated carbocycles. The maximum Gasteiger partial charge on any atom is 0.167 e. The van der Waals surface area contributed by atoms with E-state index in [4.69, 9.17) is 15.2 Å². The molecule has 0 amide bonds. The summed E-state index contributed by atoms with van der Waals surface area (Å²) in [7, 11) is 4.66. The standard InChI is InChI=1S/C10H26N2O2Si/c1-13-10(14-2,5-9-15)4-3-7-12-8-6-11/h12H,3-9,11H2,1-2,15H3. The van der Waals surface area contributed by atoms with E-state index in [0.29, 0.717) is 6.54 Å². The van der Waals surface area contributed by atoms with Gasteiger partial charge in [0, 0.05) is 44.0 Å². The van der Waals surface area contributed by atoms with Crippen LogP contribution in [0.1, 0.15) is 19.3 Å². The van der Waals surface area contributed by atoms with E-state index >= 15 is 0 Å². The molecule has 0 aromatic rings. The summed E-state index contributed by atoms with van der Waals surface area (Å²) in [6.45, 7) is 2.56. The Bertz CT molecular complexity index is 143. The minimum atomic E-state index is -0.355. The SMILES string of the molecule is COC(CC[SiH3])(CCCNCCN)OC. The normalized spacial score (nSPS) is 12.2. The number of ether oxygens (including phenoxy) is 2. The lowest BCUT2D eigenvalue weighted by molar-refractivity contribution is -0.212. The van der Waals surface area contributed by atoms with Crippen molar-refractivity contribution in [1.82, 2.24) is 5.32 Å². The maximum absolute atomic E-state index is 5.48. The maximum atomic E-state index is 5.48. The lowest BCUT2D eigenvalue weighted by atomic mass is 10.1. The Kier molecular flexibility index (Phi) is 9.33. The molecule has 0 radical (unpaired) electrons. The third-order valence-electron chi connectivity index (χ3n) is 2.61. The van der Waals surface area contributed by atoms with Gasteiger partial charge in [-0.3, -0.25) is 0 Å². The van der Waals surface area contributed by atoms with E-state index in [2.05, 4.69) is 5.32 Å². The van der Waals surface area contributed by atoms with Gasteiger partial charge < -0.3 is 20.5 Å². The molecule has 3 N–H and O–H groups in total. The lowest BCUT2D eigenvalue weighted by Gasteiger charge is -2.30. The van der Waals surface area contributed by atoms with E-state index in [1.165, 1.54) is 16.3 Å². The average molecular weight is 234 g/mol. The van der Waals surface area contributed by atoms with Crippen molar-refractivity contribution in [2.75, 3.05) is 33.9 Å². The van der Waals surface area contributed by atoms with Crippen molar-refractivity contribution in [3.8, 4) is 0 Å². The van der Waals surface area contributed by atoms with Crippen molar-refractivity contribution in [3.05, 3.63) is 0 Å². The second kappa shape index (κ2) is 9.29. The average Bonchev–Trinajstić information content (AvgIpc) is 2.27. The van der Waals surface area contributed by atoms with Crippen LogP contribution in [0.5, 0.6) is 0 Å². The molecule has 92 valence electrons. The molecule has 0 atom stereocenters. The molecular weight excluding hydrogens is 208 g/mol. The number of hydrogen-bond acceptors (Lipinski definition) is 4. The number of nitrogens with two attached hydrogens (primary N) is 1. The van der Waals surface area contributed by atoms with Crippen molar-refractivity contribution >= 4 is 10.2 Å². The largest absolute Gasteiger partial charge is 0.353 e. The first-order chi connectivity index (χ1) is 7.24. The van der Waals surface area contributed by atoms with Gasteiger partial charge in [0.05, 0.1) is 0 Å². The van der Waals surface area contributed by atoms with Gasteiger partial charge in [0.1, 0.15) is 0 Å². The first-order valence-electron chi connectivity index (χ1n) is 5.75. The highest BCUT2D eigenvalue weighted by Gasteiger charge is 2.27. The zero-order valence-corrected chi connectivity index (χ0v) is 12.3. The molecule has 0 bridgehead atoms. The number of nitrogens with one attached hydrogen (secondary N) is 1. The van der Waals surface area contributed by atoms with Crippen molar-refractivity contribution in [3.63, 3.8) is 0 Å². The van der Waals surface area contributed by atoms with Crippen LogP contribution in [-0.2, 0) is 9.47 Å². The molecular formula is C10H26N2O2Si. The van der Waals surface area contributed by atoms with Crippen LogP contribution < -0.4 is 11.1 Å². The van der Waals surface area contributed by atoms with Gasteiger partial charge >= 0.3 is 0 Å². The molecule has 5 heteroatoms. The molecule has 0 spiro atoms. The molecule has 0 heterocycles. The Morgan fingerprint density at radius 2 is 1.87 bits per heavy atom. The number of methoxy groups -OCH3 is 2. The zero-order valence-electron chi connectivity index (χ0n) is 10.3. The van der Waals surface area contributed by atoms with Gasteiger partial charge in [-0.05, 0) is 19.4 Å². The Morgan fingerprint density at radius 1 is 1.20 bits per heavy atom. The summed E-state index contributed by atoms with van der Waals surface area (Å²) >= 11 is 0. The highest BCUT2D eigenvalue weighted by atomic mass is 28.1. The van der Waals surface area contributed by atoms with E-state index < -0.39 is 0 Å². The Balaban J connectivity index is 3.74. The fourth-order valence-electron chi connectivity index (χ4n) is 1.71. The molecule has 0 unspecified atom stereocenters. The third-order valence-corrected chi connectivity index (χ3v) is 3.11. The van der Waals surface area contributed by atoms with Crippen molar-refractivity contribution in [2.45, 2.75) is 31.1 Å². The summed E-state index contributed by atoms with van der Waals surface area (Å²) in [5.74, 6) is -0.355. The Morgan fingerprint density at radius 3 is 2.33 bits per heavy atom. The molecule has 0 aromatic carbocycles. The van der Waals surface area contributed by atoms with Gasteiger partial charge in [-0.15, -0.1) is 0 Å². The topological polar surface area (TPSA) is 56.5 Å². The smallest absolute Gasteiger partial charge is 0.167 e. The Hall–Kier alpha value is 0.0569. The Labute approximate surface area is 96.3 Å². The molecule has 0 saturated heterocycles. The van der Waals surface area contributed by atoms with Gasteiger partial charge in [0.25, 0.3) is 0 Å². The molecule has 0 fully saturated rings. The van der Waals surface area contributed by atoms with Crippen molar-refractivity contribution in [1.29, 1.82) is 0 Å². The summed E-state index contributed by atoms with van der Waals surface area (Å²) < 4.78 is 11.0. The fourth-order valence-corrected chi connectivity index (χ4v) is 2.47. The van der Waals surface area contributed by atoms with E-state index in [-0.39, 0.29) is 5.79 Å². The molecule has 0 aliphatic carbocycles. The van der Waals surface area contributed by atoms with E-state index in [1.54, 1.807) is 14.2 Å². The summed E-state index contributed by atoms with van der Waals surface area (Å²) in [4.78, 5) is 0. The summed E-state index contributed by atoms with van der Waals surface area (Å²) in [5.41, 5.74) is 5.39.